The molecule has 0 radical (unpaired) electrons. The van der Waals surface area contributed by atoms with Crippen molar-refractivity contribution in [3.63, 3.8) is 0 Å². The van der Waals surface area contributed by atoms with E-state index in [0.29, 0.717) is 5.84 Å². The summed E-state index contributed by atoms with van der Waals surface area (Å²) in [5.74, 6) is 0.585. The van der Waals surface area contributed by atoms with Gasteiger partial charge in [0.15, 0.2) is 0 Å². The van der Waals surface area contributed by atoms with Crippen LogP contribution in [0.15, 0.2) is 53.0 Å². The number of rotatable bonds is 6. The summed E-state index contributed by atoms with van der Waals surface area (Å²) in [6.07, 6.45) is 6.10. The number of hydrogen-bond acceptors (Lipinski definition) is 3. The zero-order valence-electron chi connectivity index (χ0n) is 14.8. The highest BCUT2D eigenvalue weighted by Gasteiger charge is 2.11. The maximum atomic E-state index is 6.13. The lowest BCUT2D eigenvalue weighted by Gasteiger charge is -2.14. The van der Waals surface area contributed by atoms with Gasteiger partial charge in [0, 0.05) is 12.7 Å². The van der Waals surface area contributed by atoms with Crippen molar-refractivity contribution in [2.75, 3.05) is 19.6 Å². The van der Waals surface area contributed by atoms with Gasteiger partial charge in [0.1, 0.15) is 5.84 Å². The fourth-order valence-electron chi connectivity index (χ4n) is 3.53. The SMILES string of the molecule is Cl.NC(=Nc1ccc2ccn(CCCN3CCCC3)c2c1)c1cccs1. The van der Waals surface area contributed by atoms with Gasteiger partial charge in [-0.15, -0.1) is 23.7 Å². The molecule has 138 valence electrons. The van der Waals surface area contributed by atoms with Crippen molar-refractivity contribution in [3.8, 4) is 0 Å². The van der Waals surface area contributed by atoms with Gasteiger partial charge in [0.2, 0.25) is 0 Å². The Labute approximate surface area is 164 Å². The van der Waals surface area contributed by atoms with Crippen molar-refractivity contribution in [2.45, 2.75) is 25.8 Å². The third kappa shape index (κ3) is 4.29. The molecule has 0 unspecified atom stereocenters. The molecule has 6 heteroatoms. The molecule has 1 aromatic carbocycles. The Morgan fingerprint density at radius 1 is 1.12 bits per heavy atom. The molecule has 0 amide bonds. The number of halogens is 1. The molecule has 3 aromatic rings. The first-order valence-corrected chi connectivity index (χ1v) is 9.87. The second-order valence-corrected chi connectivity index (χ2v) is 7.58. The summed E-state index contributed by atoms with van der Waals surface area (Å²) >= 11 is 1.62. The first kappa shape index (κ1) is 19.0. The molecule has 2 N–H and O–H groups in total. The van der Waals surface area contributed by atoms with E-state index in [1.165, 1.54) is 49.8 Å². The highest BCUT2D eigenvalue weighted by atomic mass is 35.5. The van der Waals surface area contributed by atoms with Crippen molar-refractivity contribution >= 4 is 46.2 Å². The quantitative estimate of drug-likeness (QED) is 0.493. The summed E-state index contributed by atoms with van der Waals surface area (Å²) in [6.45, 7) is 4.79. The highest BCUT2D eigenvalue weighted by Crippen LogP contribution is 2.24. The molecule has 0 aliphatic carbocycles. The van der Waals surface area contributed by atoms with Gasteiger partial charge in [0.05, 0.1) is 16.1 Å². The monoisotopic (exact) mass is 388 g/mol. The average Bonchev–Trinajstić information content (AvgIpc) is 3.37. The van der Waals surface area contributed by atoms with E-state index in [0.717, 1.165) is 17.1 Å². The van der Waals surface area contributed by atoms with Crippen molar-refractivity contribution < 1.29 is 0 Å². The maximum absolute atomic E-state index is 6.13. The number of thiophene rings is 1. The van der Waals surface area contributed by atoms with Crippen LogP contribution in [0.25, 0.3) is 10.9 Å². The topological polar surface area (TPSA) is 46.5 Å². The number of amidine groups is 1. The van der Waals surface area contributed by atoms with Gasteiger partial charge >= 0.3 is 0 Å². The first-order valence-electron chi connectivity index (χ1n) is 8.99. The summed E-state index contributed by atoms with van der Waals surface area (Å²) < 4.78 is 2.34. The number of fused-ring (bicyclic) bond motifs is 1. The number of nitrogens with two attached hydrogens (primary N) is 1. The minimum Gasteiger partial charge on any atom is -0.383 e. The predicted molar refractivity (Wildman–Crippen MR) is 114 cm³/mol. The van der Waals surface area contributed by atoms with Gasteiger partial charge in [-0.05, 0) is 73.9 Å². The number of likely N-dealkylation sites (tertiary alicyclic amines) is 1. The molecule has 1 saturated heterocycles. The molecule has 1 aliphatic heterocycles. The normalized spacial score (nSPS) is 15.5. The van der Waals surface area contributed by atoms with Crippen LogP contribution in [0.3, 0.4) is 0 Å². The summed E-state index contributed by atoms with van der Waals surface area (Å²) in [7, 11) is 0. The minimum atomic E-state index is 0. The molecular weight excluding hydrogens is 364 g/mol. The van der Waals surface area contributed by atoms with Crippen LogP contribution in [0.2, 0.25) is 0 Å². The van der Waals surface area contributed by atoms with Gasteiger partial charge in [0.25, 0.3) is 0 Å². The maximum Gasteiger partial charge on any atom is 0.141 e. The molecule has 0 spiro atoms. The molecule has 1 fully saturated rings. The zero-order valence-corrected chi connectivity index (χ0v) is 16.4. The molecule has 4 rings (SSSR count). The van der Waals surface area contributed by atoms with Gasteiger partial charge < -0.3 is 15.2 Å². The van der Waals surface area contributed by atoms with Crippen LogP contribution in [0.1, 0.15) is 24.1 Å². The number of nitrogens with zero attached hydrogens (tertiary/aromatic N) is 3. The van der Waals surface area contributed by atoms with Gasteiger partial charge in [-0.1, -0.05) is 12.1 Å². The third-order valence-electron chi connectivity index (χ3n) is 4.85. The molecule has 0 bridgehead atoms. The summed E-state index contributed by atoms with van der Waals surface area (Å²) in [4.78, 5) is 8.19. The van der Waals surface area contributed by atoms with Gasteiger partial charge in [-0.25, -0.2) is 4.99 Å². The van der Waals surface area contributed by atoms with Crippen LogP contribution in [0.5, 0.6) is 0 Å². The fraction of sp³-hybridized carbons (Fsp3) is 0.350. The molecule has 4 nitrogen and oxygen atoms in total. The standard InChI is InChI=1S/C20H24N4S.ClH/c21-20(19-5-3-14-25-19)22-17-7-6-16-8-13-24(18(16)15-17)12-4-11-23-9-1-2-10-23;/h3,5-8,13-15H,1-2,4,9-12H2,(H2,21,22);1H. The number of aryl methyl sites for hydroxylation is 1. The summed E-state index contributed by atoms with van der Waals surface area (Å²) in [6, 6.07) is 12.5. The fourth-order valence-corrected chi connectivity index (χ4v) is 4.15. The van der Waals surface area contributed by atoms with Crippen molar-refractivity contribution in [1.29, 1.82) is 0 Å². The molecular formula is C20H25ClN4S. The Balaban J connectivity index is 0.00000196. The average molecular weight is 389 g/mol. The zero-order chi connectivity index (χ0) is 17.1. The second-order valence-electron chi connectivity index (χ2n) is 6.63. The van der Waals surface area contributed by atoms with Crippen LogP contribution in [0, 0.1) is 0 Å². The van der Waals surface area contributed by atoms with Crippen LogP contribution >= 0.6 is 23.7 Å². The van der Waals surface area contributed by atoms with Crippen LogP contribution < -0.4 is 5.73 Å². The summed E-state index contributed by atoms with van der Waals surface area (Å²) in [5.41, 5.74) is 8.28. The van der Waals surface area contributed by atoms with E-state index in [2.05, 4.69) is 38.9 Å². The van der Waals surface area contributed by atoms with Crippen molar-refractivity contribution in [3.05, 3.63) is 52.9 Å². The molecule has 0 saturated carbocycles. The van der Waals surface area contributed by atoms with E-state index in [1.807, 2.05) is 23.6 Å². The lowest BCUT2D eigenvalue weighted by atomic mass is 10.2. The Morgan fingerprint density at radius 2 is 1.96 bits per heavy atom. The van der Waals surface area contributed by atoms with Gasteiger partial charge in [-0.3, -0.25) is 0 Å². The van der Waals surface area contributed by atoms with E-state index in [9.17, 15) is 0 Å². The smallest absolute Gasteiger partial charge is 0.141 e. The van der Waals surface area contributed by atoms with E-state index in [-0.39, 0.29) is 12.4 Å². The van der Waals surface area contributed by atoms with E-state index in [4.69, 9.17) is 5.73 Å². The number of hydrogen-bond donors (Lipinski definition) is 1. The number of benzene rings is 1. The van der Waals surface area contributed by atoms with Crippen LogP contribution in [0.4, 0.5) is 5.69 Å². The summed E-state index contributed by atoms with van der Waals surface area (Å²) in [5, 5.41) is 3.28. The molecule has 0 atom stereocenters. The van der Waals surface area contributed by atoms with E-state index >= 15 is 0 Å². The Bertz CT molecular complexity index is 863. The Hall–Kier alpha value is -1.82. The highest BCUT2D eigenvalue weighted by molar-refractivity contribution is 7.12. The Kier molecular flexibility index (Phi) is 6.35. The predicted octanol–water partition coefficient (Wildman–Crippen LogP) is 4.65. The molecule has 26 heavy (non-hydrogen) atoms. The lowest BCUT2D eigenvalue weighted by molar-refractivity contribution is 0.326. The third-order valence-corrected chi connectivity index (χ3v) is 5.75. The first-order chi connectivity index (χ1) is 12.3. The van der Waals surface area contributed by atoms with E-state index in [1.54, 1.807) is 11.3 Å². The molecule has 3 heterocycles. The largest absolute Gasteiger partial charge is 0.383 e. The van der Waals surface area contributed by atoms with Gasteiger partial charge in [-0.2, -0.15) is 0 Å². The van der Waals surface area contributed by atoms with Crippen molar-refractivity contribution in [2.24, 2.45) is 10.7 Å². The Morgan fingerprint density at radius 3 is 2.73 bits per heavy atom. The number of aliphatic imine (C=N–C) groups is 1. The lowest BCUT2D eigenvalue weighted by Crippen LogP contribution is -2.21. The number of aromatic nitrogens is 1. The molecule has 1 aliphatic rings. The van der Waals surface area contributed by atoms with Crippen LogP contribution in [-0.2, 0) is 6.54 Å². The molecule has 2 aromatic heterocycles. The van der Waals surface area contributed by atoms with E-state index < -0.39 is 0 Å². The minimum absolute atomic E-state index is 0. The van der Waals surface area contributed by atoms with Crippen molar-refractivity contribution in [1.82, 2.24) is 9.47 Å². The van der Waals surface area contributed by atoms with Crippen LogP contribution in [-0.4, -0.2) is 34.9 Å². The second kappa shape index (κ2) is 8.71.